The molecular formula is C16H20FNOS. The van der Waals surface area contributed by atoms with Crippen LogP contribution in [0.2, 0.25) is 0 Å². The van der Waals surface area contributed by atoms with Gasteiger partial charge in [0, 0.05) is 11.6 Å². The summed E-state index contributed by atoms with van der Waals surface area (Å²) < 4.78 is 19.5. The zero-order valence-electron chi connectivity index (χ0n) is 11.9. The lowest BCUT2D eigenvalue weighted by atomic mass is 9.99. The highest BCUT2D eigenvalue weighted by atomic mass is 32.1. The van der Waals surface area contributed by atoms with Crippen molar-refractivity contribution in [1.29, 1.82) is 0 Å². The summed E-state index contributed by atoms with van der Waals surface area (Å²) in [6.07, 6.45) is 1.80. The van der Waals surface area contributed by atoms with Gasteiger partial charge in [-0.15, -0.1) is 0 Å². The molecule has 20 heavy (non-hydrogen) atoms. The monoisotopic (exact) mass is 293 g/mol. The minimum Gasteiger partial charge on any atom is -0.494 e. The van der Waals surface area contributed by atoms with Gasteiger partial charge in [0.1, 0.15) is 0 Å². The van der Waals surface area contributed by atoms with Crippen LogP contribution >= 0.6 is 11.3 Å². The van der Waals surface area contributed by atoms with Gasteiger partial charge in [0.2, 0.25) is 0 Å². The first kappa shape index (κ1) is 15.0. The van der Waals surface area contributed by atoms with Crippen molar-refractivity contribution in [3.05, 3.63) is 52.0 Å². The molecule has 4 heteroatoms. The molecule has 0 saturated carbocycles. The van der Waals surface area contributed by atoms with E-state index < -0.39 is 0 Å². The normalized spacial score (nSPS) is 12.3. The maximum Gasteiger partial charge on any atom is 0.169 e. The van der Waals surface area contributed by atoms with Crippen LogP contribution in [0.4, 0.5) is 4.39 Å². The number of halogens is 1. The first-order chi connectivity index (χ1) is 9.76. The Bertz CT molecular complexity index is 527. The summed E-state index contributed by atoms with van der Waals surface area (Å²) in [7, 11) is 1.50. The van der Waals surface area contributed by atoms with E-state index in [0.717, 1.165) is 19.4 Å². The lowest BCUT2D eigenvalue weighted by Gasteiger charge is -2.20. The van der Waals surface area contributed by atoms with Gasteiger partial charge < -0.3 is 10.1 Å². The van der Waals surface area contributed by atoms with Gasteiger partial charge in [0.15, 0.2) is 11.6 Å². The summed E-state index contributed by atoms with van der Waals surface area (Å²) >= 11 is 1.67. The highest BCUT2D eigenvalue weighted by molar-refractivity contribution is 7.07. The van der Waals surface area contributed by atoms with Crippen LogP contribution in [0.5, 0.6) is 5.75 Å². The molecule has 0 bridgehead atoms. The Morgan fingerprint density at radius 2 is 2.20 bits per heavy atom. The van der Waals surface area contributed by atoms with Gasteiger partial charge >= 0.3 is 0 Å². The van der Waals surface area contributed by atoms with E-state index in [0.29, 0.717) is 11.3 Å². The standard InChI is InChI=1S/C16H20FNOS/c1-3-8-18-14(10-12-7-9-20-11-12)13-5-4-6-15(19-2)16(13)17/h4-7,9,11,14,18H,3,8,10H2,1-2H3. The van der Waals surface area contributed by atoms with E-state index in [1.807, 2.05) is 17.5 Å². The first-order valence-corrected chi connectivity index (χ1v) is 7.77. The predicted octanol–water partition coefficient (Wildman–Crippen LogP) is 4.18. The smallest absolute Gasteiger partial charge is 0.169 e. The lowest BCUT2D eigenvalue weighted by molar-refractivity contribution is 0.379. The molecule has 2 nitrogen and oxygen atoms in total. The van der Waals surface area contributed by atoms with Crippen LogP contribution in [-0.2, 0) is 6.42 Å². The van der Waals surface area contributed by atoms with Gasteiger partial charge in [-0.25, -0.2) is 4.39 Å². The summed E-state index contributed by atoms with van der Waals surface area (Å²) in [5.41, 5.74) is 1.90. The Labute approximate surface area is 123 Å². The summed E-state index contributed by atoms with van der Waals surface area (Å²) in [5.74, 6) is 0.0370. The van der Waals surface area contributed by atoms with Gasteiger partial charge in [-0.2, -0.15) is 11.3 Å². The van der Waals surface area contributed by atoms with Crippen molar-refractivity contribution in [3.8, 4) is 5.75 Å². The SMILES string of the molecule is CCCNC(Cc1ccsc1)c1cccc(OC)c1F. The molecule has 1 atom stereocenters. The zero-order chi connectivity index (χ0) is 14.4. The Hall–Kier alpha value is -1.39. The van der Waals surface area contributed by atoms with Crippen LogP contribution in [0.1, 0.15) is 30.5 Å². The molecule has 0 saturated heterocycles. The van der Waals surface area contributed by atoms with E-state index in [9.17, 15) is 4.39 Å². The Morgan fingerprint density at radius 3 is 2.85 bits per heavy atom. The van der Waals surface area contributed by atoms with Crippen molar-refractivity contribution in [2.75, 3.05) is 13.7 Å². The average Bonchev–Trinajstić information content (AvgIpc) is 2.97. The van der Waals surface area contributed by atoms with Gasteiger partial charge in [-0.05, 0) is 47.8 Å². The lowest BCUT2D eigenvalue weighted by Crippen LogP contribution is -2.25. The van der Waals surface area contributed by atoms with Crippen molar-refractivity contribution in [2.24, 2.45) is 0 Å². The van der Waals surface area contributed by atoms with Crippen LogP contribution in [0, 0.1) is 5.82 Å². The fourth-order valence-electron chi connectivity index (χ4n) is 2.21. The zero-order valence-corrected chi connectivity index (χ0v) is 12.7. The number of nitrogens with one attached hydrogen (secondary N) is 1. The number of benzene rings is 1. The van der Waals surface area contributed by atoms with Crippen LogP contribution in [0.25, 0.3) is 0 Å². The van der Waals surface area contributed by atoms with E-state index in [4.69, 9.17) is 4.74 Å². The third-order valence-corrected chi connectivity index (χ3v) is 3.98. The topological polar surface area (TPSA) is 21.3 Å². The molecule has 1 unspecified atom stereocenters. The van der Waals surface area contributed by atoms with E-state index in [-0.39, 0.29) is 11.9 Å². The molecule has 2 rings (SSSR count). The van der Waals surface area contributed by atoms with E-state index in [1.165, 1.54) is 12.7 Å². The molecule has 0 fully saturated rings. The third kappa shape index (κ3) is 3.58. The van der Waals surface area contributed by atoms with Crippen molar-refractivity contribution in [3.63, 3.8) is 0 Å². The summed E-state index contributed by atoms with van der Waals surface area (Å²) in [4.78, 5) is 0. The molecule has 108 valence electrons. The second kappa shape index (κ2) is 7.41. The Kier molecular flexibility index (Phi) is 5.56. The summed E-state index contributed by atoms with van der Waals surface area (Å²) in [5, 5.41) is 7.58. The van der Waals surface area contributed by atoms with Crippen molar-refractivity contribution >= 4 is 11.3 Å². The minimum absolute atomic E-state index is 0.0281. The van der Waals surface area contributed by atoms with E-state index in [1.54, 1.807) is 17.4 Å². The molecule has 2 aromatic rings. The van der Waals surface area contributed by atoms with Gasteiger partial charge in [0.25, 0.3) is 0 Å². The average molecular weight is 293 g/mol. The maximum absolute atomic E-state index is 14.4. The van der Waals surface area contributed by atoms with Crippen molar-refractivity contribution in [1.82, 2.24) is 5.32 Å². The Balaban J connectivity index is 2.25. The van der Waals surface area contributed by atoms with Crippen LogP contribution in [0.15, 0.2) is 35.0 Å². The number of ether oxygens (including phenoxy) is 1. The van der Waals surface area contributed by atoms with Gasteiger partial charge in [-0.3, -0.25) is 0 Å². The largest absolute Gasteiger partial charge is 0.494 e. The van der Waals surface area contributed by atoms with Crippen LogP contribution in [-0.4, -0.2) is 13.7 Å². The van der Waals surface area contributed by atoms with Crippen LogP contribution in [0.3, 0.4) is 0 Å². The molecule has 0 radical (unpaired) electrons. The molecule has 1 heterocycles. The molecule has 0 aliphatic rings. The third-order valence-electron chi connectivity index (χ3n) is 3.25. The molecule has 0 amide bonds. The molecule has 0 spiro atoms. The van der Waals surface area contributed by atoms with Crippen molar-refractivity contribution < 1.29 is 9.13 Å². The van der Waals surface area contributed by atoms with Gasteiger partial charge in [-0.1, -0.05) is 19.1 Å². The second-order valence-corrected chi connectivity index (χ2v) is 5.49. The molecule has 1 N–H and O–H groups in total. The quantitative estimate of drug-likeness (QED) is 0.827. The number of thiophene rings is 1. The molecule has 0 aliphatic carbocycles. The second-order valence-electron chi connectivity index (χ2n) is 4.71. The highest BCUT2D eigenvalue weighted by Gasteiger charge is 2.18. The number of methoxy groups -OCH3 is 1. The molecule has 1 aromatic carbocycles. The Morgan fingerprint density at radius 1 is 1.35 bits per heavy atom. The summed E-state index contributed by atoms with van der Waals surface area (Å²) in [6.45, 7) is 2.97. The minimum atomic E-state index is -0.265. The summed E-state index contributed by atoms with van der Waals surface area (Å²) in [6, 6.07) is 7.38. The first-order valence-electron chi connectivity index (χ1n) is 6.83. The fraction of sp³-hybridized carbons (Fsp3) is 0.375. The maximum atomic E-state index is 14.4. The number of hydrogen-bond donors (Lipinski definition) is 1. The van der Waals surface area contributed by atoms with Crippen LogP contribution < -0.4 is 10.1 Å². The molecular weight excluding hydrogens is 273 g/mol. The number of rotatable bonds is 7. The predicted molar refractivity (Wildman–Crippen MR) is 82.0 cm³/mol. The number of hydrogen-bond acceptors (Lipinski definition) is 3. The fourth-order valence-corrected chi connectivity index (χ4v) is 2.89. The molecule has 0 aliphatic heterocycles. The molecule has 1 aromatic heterocycles. The van der Waals surface area contributed by atoms with E-state index in [2.05, 4.69) is 23.7 Å². The van der Waals surface area contributed by atoms with Crippen molar-refractivity contribution in [2.45, 2.75) is 25.8 Å². The highest BCUT2D eigenvalue weighted by Crippen LogP contribution is 2.27. The van der Waals surface area contributed by atoms with E-state index >= 15 is 0 Å². The van der Waals surface area contributed by atoms with Gasteiger partial charge in [0.05, 0.1) is 7.11 Å².